The van der Waals surface area contributed by atoms with Crippen molar-refractivity contribution >= 4 is 11.9 Å². The van der Waals surface area contributed by atoms with Crippen molar-refractivity contribution < 1.29 is 19.4 Å². The Morgan fingerprint density at radius 3 is 2.40 bits per heavy atom. The number of carbonyl (C=O) groups excluding carboxylic acids is 1. The SMILES string of the molecule is CCOCC(=O)NCC(C)(CC)C(=O)O. The Balaban J connectivity index is 4.01. The number of hydrogen-bond acceptors (Lipinski definition) is 3. The minimum atomic E-state index is -0.901. The molecule has 1 unspecified atom stereocenters. The second kappa shape index (κ2) is 6.40. The fourth-order valence-corrected chi connectivity index (χ4v) is 0.891. The largest absolute Gasteiger partial charge is 0.481 e. The van der Waals surface area contributed by atoms with Gasteiger partial charge in [-0.2, -0.15) is 0 Å². The molecule has 0 heterocycles. The van der Waals surface area contributed by atoms with Crippen LogP contribution in [0, 0.1) is 5.41 Å². The summed E-state index contributed by atoms with van der Waals surface area (Å²) in [5.41, 5.74) is -0.901. The van der Waals surface area contributed by atoms with Gasteiger partial charge in [0.2, 0.25) is 5.91 Å². The summed E-state index contributed by atoms with van der Waals surface area (Å²) in [6.07, 6.45) is 0.469. The number of rotatable bonds is 7. The van der Waals surface area contributed by atoms with Crippen LogP contribution in [-0.4, -0.2) is 36.7 Å². The topological polar surface area (TPSA) is 75.6 Å². The van der Waals surface area contributed by atoms with Crippen molar-refractivity contribution in [1.82, 2.24) is 5.32 Å². The average molecular weight is 217 g/mol. The fourth-order valence-electron chi connectivity index (χ4n) is 0.891. The molecule has 0 spiro atoms. The number of hydrogen-bond donors (Lipinski definition) is 2. The third-order valence-electron chi connectivity index (χ3n) is 2.41. The molecule has 0 radical (unpaired) electrons. The number of carbonyl (C=O) groups is 2. The average Bonchev–Trinajstić information content (AvgIpc) is 2.22. The first-order valence-corrected chi connectivity index (χ1v) is 5.04. The number of amides is 1. The molecule has 88 valence electrons. The summed E-state index contributed by atoms with van der Waals surface area (Å²) >= 11 is 0. The lowest BCUT2D eigenvalue weighted by molar-refractivity contribution is -0.148. The molecular weight excluding hydrogens is 198 g/mol. The zero-order chi connectivity index (χ0) is 11.9. The van der Waals surface area contributed by atoms with Gasteiger partial charge in [-0.15, -0.1) is 0 Å². The Morgan fingerprint density at radius 2 is 2.00 bits per heavy atom. The quantitative estimate of drug-likeness (QED) is 0.656. The smallest absolute Gasteiger partial charge is 0.311 e. The monoisotopic (exact) mass is 217 g/mol. The molecule has 1 amide bonds. The van der Waals surface area contributed by atoms with Gasteiger partial charge in [0.15, 0.2) is 0 Å². The minimum absolute atomic E-state index is 0.0179. The maximum absolute atomic E-state index is 11.2. The Hall–Kier alpha value is -1.10. The maximum atomic E-state index is 11.2. The van der Waals surface area contributed by atoms with Gasteiger partial charge in [0.05, 0.1) is 5.41 Å². The van der Waals surface area contributed by atoms with Crippen LogP contribution in [0.5, 0.6) is 0 Å². The zero-order valence-electron chi connectivity index (χ0n) is 9.50. The van der Waals surface area contributed by atoms with E-state index in [0.29, 0.717) is 13.0 Å². The number of nitrogens with one attached hydrogen (secondary N) is 1. The summed E-state index contributed by atoms with van der Waals surface area (Å²) < 4.78 is 4.90. The van der Waals surface area contributed by atoms with Gasteiger partial charge in [0.1, 0.15) is 6.61 Å². The van der Waals surface area contributed by atoms with Gasteiger partial charge in [-0.05, 0) is 20.3 Å². The number of aliphatic carboxylic acids is 1. The first kappa shape index (κ1) is 13.9. The molecule has 0 saturated heterocycles. The third kappa shape index (κ3) is 4.78. The predicted octanol–water partition coefficient (Wildman–Crippen LogP) is 0.640. The lowest BCUT2D eigenvalue weighted by Crippen LogP contribution is -2.41. The van der Waals surface area contributed by atoms with Crippen molar-refractivity contribution in [3.05, 3.63) is 0 Å². The van der Waals surface area contributed by atoms with Crippen molar-refractivity contribution in [2.24, 2.45) is 5.41 Å². The number of carboxylic acid groups (broad SMARTS) is 1. The first-order valence-electron chi connectivity index (χ1n) is 5.04. The highest BCUT2D eigenvalue weighted by Crippen LogP contribution is 2.19. The van der Waals surface area contributed by atoms with E-state index in [-0.39, 0.29) is 19.1 Å². The minimum Gasteiger partial charge on any atom is -0.481 e. The normalized spacial score (nSPS) is 14.3. The van der Waals surface area contributed by atoms with Crippen molar-refractivity contribution in [2.75, 3.05) is 19.8 Å². The summed E-state index contributed by atoms with van der Waals surface area (Å²) in [6, 6.07) is 0. The highest BCUT2D eigenvalue weighted by Gasteiger charge is 2.31. The molecular formula is C10H19NO4. The molecule has 5 heteroatoms. The van der Waals surface area contributed by atoms with Crippen molar-refractivity contribution in [1.29, 1.82) is 0 Å². The summed E-state index contributed by atoms with van der Waals surface area (Å²) in [5, 5.41) is 11.5. The number of ether oxygens (including phenoxy) is 1. The van der Waals surface area contributed by atoms with Crippen LogP contribution >= 0.6 is 0 Å². The molecule has 0 aromatic carbocycles. The van der Waals surface area contributed by atoms with E-state index in [1.165, 1.54) is 0 Å². The van der Waals surface area contributed by atoms with E-state index in [1.54, 1.807) is 20.8 Å². The molecule has 1 atom stereocenters. The van der Waals surface area contributed by atoms with Crippen LogP contribution in [0.15, 0.2) is 0 Å². The Morgan fingerprint density at radius 1 is 1.40 bits per heavy atom. The second-order valence-electron chi connectivity index (χ2n) is 3.63. The van der Waals surface area contributed by atoms with Gasteiger partial charge in [0, 0.05) is 13.2 Å². The highest BCUT2D eigenvalue weighted by molar-refractivity contribution is 5.79. The molecule has 2 N–H and O–H groups in total. The molecule has 0 aliphatic rings. The lowest BCUT2D eigenvalue weighted by Gasteiger charge is -2.23. The van der Waals surface area contributed by atoms with Crippen LogP contribution in [0.1, 0.15) is 27.2 Å². The Labute approximate surface area is 89.8 Å². The lowest BCUT2D eigenvalue weighted by atomic mass is 9.88. The van der Waals surface area contributed by atoms with E-state index < -0.39 is 11.4 Å². The van der Waals surface area contributed by atoms with Crippen LogP contribution in [-0.2, 0) is 14.3 Å². The van der Waals surface area contributed by atoms with E-state index in [9.17, 15) is 9.59 Å². The summed E-state index contributed by atoms with van der Waals surface area (Å²) in [7, 11) is 0. The Bertz CT molecular complexity index is 229. The van der Waals surface area contributed by atoms with Gasteiger partial charge >= 0.3 is 5.97 Å². The van der Waals surface area contributed by atoms with E-state index in [2.05, 4.69) is 5.32 Å². The van der Waals surface area contributed by atoms with E-state index >= 15 is 0 Å². The summed E-state index contributed by atoms with van der Waals surface area (Å²) in [5.74, 6) is -1.18. The molecule has 0 fully saturated rings. The summed E-state index contributed by atoms with van der Waals surface area (Å²) in [6.45, 7) is 5.76. The predicted molar refractivity (Wildman–Crippen MR) is 55.5 cm³/mol. The highest BCUT2D eigenvalue weighted by atomic mass is 16.5. The zero-order valence-corrected chi connectivity index (χ0v) is 9.50. The molecule has 0 rings (SSSR count). The van der Waals surface area contributed by atoms with Crippen molar-refractivity contribution in [3.8, 4) is 0 Å². The van der Waals surface area contributed by atoms with E-state index in [1.807, 2.05) is 0 Å². The molecule has 5 nitrogen and oxygen atoms in total. The molecule has 0 bridgehead atoms. The van der Waals surface area contributed by atoms with E-state index in [4.69, 9.17) is 9.84 Å². The van der Waals surface area contributed by atoms with Gasteiger partial charge in [-0.3, -0.25) is 9.59 Å². The van der Waals surface area contributed by atoms with Crippen LogP contribution < -0.4 is 5.32 Å². The molecule has 0 aliphatic heterocycles. The second-order valence-corrected chi connectivity index (χ2v) is 3.63. The molecule has 0 saturated carbocycles. The van der Waals surface area contributed by atoms with Gasteiger partial charge in [-0.1, -0.05) is 6.92 Å². The summed E-state index contributed by atoms with van der Waals surface area (Å²) in [4.78, 5) is 22.1. The van der Waals surface area contributed by atoms with Gasteiger partial charge < -0.3 is 15.2 Å². The van der Waals surface area contributed by atoms with Crippen molar-refractivity contribution in [3.63, 3.8) is 0 Å². The molecule has 0 aromatic heterocycles. The Kier molecular flexibility index (Phi) is 5.93. The standard InChI is InChI=1S/C10H19NO4/c1-4-10(3,9(13)14)7-11-8(12)6-15-5-2/h4-7H2,1-3H3,(H,11,12)(H,13,14). The van der Waals surface area contributed by atoms with Crippen LogP contribution in [0.4, 0.5) is 0 Å². The van der Waals surface area contributed by atoms with Crippen LogP contribution in [0.2, 0.25) is 0 Å². The van der Waals surface area contributed by atoms with E-state index in [0.717, 1.165) is 0 Å². The van der Waals surface area contributed by atoms with Crippen molar-refractivity contribution in [2.45, 2.75) is 27.2 Å². The first-order chi connectivity index (χ1) is 6.96. The van der Waals surface area contributed by atoms with Crippen LogP contribution in [0.25, 0.3) is 0 Å². The third-order valence-corrected chi connectivity index (χ3v) is 2.41. The maximum Gasteiger partial charge on any atom is 0.311 e. The van der Waals surface area contributed by atoms with Gasteiger partial charge in [-0.25, -0.2) is 0 Å². The molecule has 0 aromatic rings. The van der Waals surface area contributed by atoms with Gasteiger partial charge in [0.25, 0.3) is 0 Å². The molecule has 15 heavy (non-hydrogen) atoms. The number of carboxylic acids is 1. The fraction of sp³-hybridized carbons (Fsp3) is 0.800. The molecule has 0 aliphatic carbocycles. The van der Waals surface area contributed by atoms with Crippen LogP contribution in [0.3, 0.4) is 0 Å².